The van der Waals surface area contributed by atoms with Crippen LogP contribution < -0.4 is 0 Å². The zero-order valence-electron chi connectivity index (χ0n) is 14.3. The van der Waals surface area contributed by atoms with Gasteiger partial charge in [-0.05, 0) is 46.0 Å². The molecule has 0 radical (unpaired) electrons. The van der Waals surface area contributed by atoms with Crippen LogP contribution in [-0.4, -0.2) is 24.4 Å². The summed E-state index contributed by atoms with van der Waals surface area (Å²) in [5, 5.41) is 0. The van der Waals surface area contributed by atoms with Crippen molar-refractivity contribution in [2.24, 2.45) is 5.92 Å². The minimum atomic E-state index is -0.183. The van der Waals surface area contributed by atoms with E-state index >= 15 is 0 Å². The van der Waals surface area contributed by atoms with Crippen molar-refractivity contribution in [2.75, 3.05) is 13.2 Å². The number of ether oxygens (including phenoxy) is 2. The Kier molecular flexibility index (Phi) is 8.93. The van der Waals surface area contributed by atoms with Gasteiger partial charge in [-0.15, -0.1) is 0 Å². The summed E-state index contributed by atoms with van der Waals surface area (Å²) in [5.41, 5.74) is -0.174. The molecule has 0 aliphatic carbocycles. The predicted molar refractivity (Wildman–Crippen MR) is 83.7 cm³/mol. The van der Waals surface area contributed by atoms with E-state index in [1.807, 2.05) is 0 Å². The summed E-state index contributed by atoms with van der Waals surface area (Å²) in [6.07, 6.45) is 5.79. The molecule has 0 spiro atoms. The smallest absolute Gasteiger partial charge is 0.0859 e. The van der Waals surface area contributed by atoms with E-state index in [-0.39, 0.29) is 11.2 Å². The first kappa shape index (κ1) is 18.9. The number of hydrogen-bond acceptors (Lipinski definition) is 2. The van der Waals surface area contributed by atoms with E-state index in [9.17, 15) is 0 Å². The van der Waals surface area contributed by atoms with Crippen LogP contribution in [0.3, 0.4) is 0 Å². The van der Waals surface area contributed by atoms with Crippen LogP contribution in [0.15, 0.2) is 0 Å². The highest BCUT2D eigenvalue weighted by Gasteiger charge is 2.27. The van der Waals surface area contributed by atoms with Crippen molar-refractivity contribution in [3.63, 3.8) is 0 Å². The highest BCUT2D eigenvalue weighted by atomic mass is 16.6. The SMILES string of the molecule is CCCCC(C)(CC)OCC(C)(C)OCCC(C)C. The predicted octanol–water partition coefficient (Wildman–Crippen LogP) is 5.20. The Morgan fingerprint density at radius 3 is 2.11 bits per heavy atom. The fourth-order valence-corrected chi connectivity index (χ4v) is 1.86. The molecule has 0 amide bonds. The highest BCUT2D eigenvalue weighted by Crippen LogP contribution is 2.25. The van der Waals surface area contributed by atoms with E-state index in [0.29, 0.717) is 12.5 Å². The van der Waals surface area contributed by atoms with Gasteiger partial charge in [0.2, 0.25) is 0 Å². The lowest BCUT2D eigenvalue weighted by Crippen LogP contribution is -2.38. The summed E-state index contributed by atoms with van der Waals surface area (Å²) >= 11 is 0. The van der Waals surface area contributed by atoms with Crippen molar-refractivity contribution >= 4 is 0 Å². The van der Waals surface area contributed by atoms with E-state index in [1.54, 1.807) is 0 Å². The second-order valence-corrected chi connectivity index (χ2v) is 6.99. The molecule has 1 unspecified atom stereocenters. The first-order valence-corrected chi connectivity index (χ1v) is 8.02. The molecule has 0 aromatic rings. The molecule has 0 aliphatic rings. The van der Waals surface area contributed by atoms with Gasteiger partial charge < -0.3 is 9.47 Å². The average molecular weight is 272 g/mol. The average Bonchev–Trinajstić information content (AvgIpc) is 2.33. The monoisotopic (exact) mass is 272 g/mol. The van der Waals surface area contributed by atoms with Gasteiger partial charge in [0.15, 0.2) is 0 Å². The van der Waals surface area contributed by atoms with Crippen molar-refractivity contribution in [3.05, 3.63) is 0 Å². The molecule has 116 valence electrons. The van der Waals surface area contributed by atoms with Gasteiger partial charge in [0.1, 0.15) is 0 Å². The van der Waals surface area contributed by atoms with Gasteiger partial charge in [-0.25, -0.2) is 0 Å². The highest BCUT2D eigenvalue weighted by molar-refractivity contribution is 4.77. The molecular formula is C17H36O2. The molecule has 19 heavy (non-hydrogen) atoms. The molecule has 0 aliphatic heterocycles. The molecule has 1 atom stereocenters. The normalized spacial score (nSPS) is 15.8. The van der Waals surface area contributed by atoms with Crippen LogP contribution in [0.25, 0.3) is 0 Å². The Morgan fingerprint density at radius 2 is 1.63 bits per heavy atom. The lowest BCUT2D eigenvalue weighted by Gasteiger charge is -2.34. The molecule has 2 nitrogen and oxygen atoms in total. The topological polar surface area (TPSA) is 18.5 Å². The molecule has 0 rings (SSSR count). The van der Waals surface area contributed by atoms with E-state index < -0.39 is 0 Å². The quantitative estimate of drug-likeness (QED) is 0.514. The lowest BCUT2D eigenvalue weighted by atomic mass is 9.95. The maximum atomic E-state index is 6.18. The third-order valence-corrected chi connectivity index (χ3v) is 3.76. The van der Waals surface area contributed by atoms with Gasteiger partial charge >= 0.3 is 0 Å². The zero-order chi connectivity index (χ0) is 14.9. The van der Waals surface area contributed by atoms with E-state index in [4.69, 9.17) is 9.47 Å². The van der Waals surface area contributed by atoms with Crippen molar-refractivity contribution in [3.8, 4) is 0 Å². The van der Waals surface area contributed by atoms with Gasteiger partial charge in [-0.1, -0.05) is 40.5 Å². The van der Waals surface area contributed by atoms with Crippen molar-refractivity contribution in [1.82, 2.24) is 0 Å². The molecule has 2 heteroatoms. The maximum Gasteiger partial charge on any atom is 0.0859 e. The summed E-state index contributed by atoms with van der Waals surface area (Å²) in [6, 6.07) is 0. The van der Waals surface area contributed by atoms with Crippen LogP contribution in [0.1, 0.15) is 80.6 Å². The number of hydrogen-bond donors (Lipinski definition) is 0. The van der Waals surface area contributed by atoms with E-state index in [0.717, 1.165) is 25.9 Å². The third-order valence-electron chi connectivity index (χ3n) is 3.76. The molecule has 0 saturated heterocycles. The Labute approximate surface area is 121 Å². The Morgan fingerprint density at radius 1 is 1.00 bits per heavy atom. The van der Waals surface area contributed by atoms with Gasteiger partial charge in [-0.2, -0.15) is 0 Å². The third kappa shape index (κ3) is 9.45. The summed E-state index contributed by atoms with van der Waals surface area (Å²) < 4.78 is 12.1. The van der Waals surface area contributed by atoms with Crippen LogP contribution in [0, 0.1) is 5.92 Å². The minimum Gasteiger partial charge on any atom is -0.373 e. The molecule has 0 aromatic heterocycles. The number of rotatable bonds is 11. The van der Waals surface area contributed by atoms with Crippen LogP contribution in [-0.2, 0) is 9.47 Å². The van der Waals surface area contributed by atoms with Crippen molar-refractivity contribution in [1.29, 1.82) is 0 Å². The largest absolute Gasteiger partial charge is 0.373 e. The second kappa shape index (κ2) is 8.97. The Balaban J connectivity index is 4.10. The molecule has 0 aromatic carbocycles. The summed E-state index contributed by atoms with van der Waals surface area (Å²) in [5.74, 6) is 0.696. The lowest BCUT2D eigenvalue weighted by molar-refractivity contribution is -0.130. The van der Waals surface area contributed by atoms with Crippen molar-refractivity contribution < 1.29 is 9.47 Å². The maximum absolute atomic E-state index is 6.18. The molecule has 0 N–H and O–H groups in total. The Bertz CT molecular complexity index is 223. The van der Waals surface area contributed by atoms with E-state index in [1.165, 1.54) is 12.8 Å². The first-order chi connectivity index (χ1) is 8.74. The first-order valence-electron chi connectivity index (χ1n) is 8.02. The van der Waals surface area contributed by atoms with Gasteiger partial charge in [0.25, 0.3) is 0 Å². The van der Waals surface area contributed by atoms with Crippen LogP contribution in [0.4, 0.5) is 0 Å². The van der Waals surface area contributed by atoms with Crippen LogP contribution in [0.5, 0.6) is 0 Å². The van der Waals surface area contributed by atoms with Crippen LogP contribution >= 0.6 is 0 Å². The van der Waals surface area contributed by atoms with Gasteiger partial charge in [-0.3, -0.25) is 0 Å². The second-order valence-electron chi connectivity index (χ2n) is 6.99. The van der Waals surface area contributed by atoms with Gasteiger partial charge in [0.05, 0.1) is 17.8 Å². The fraction of sp³-hybridized carbons (Fsp3) is 1.00. The molecule has 0 heterocycles. The zero-order valence-corrected chi connectivity index (χ0v) is 14.3. The van der Waals surface area contributed by atoms with Gasteiger partial charge in [0, 0.05) is 6.61 Å². The fourth-order valence-electron chi connectivity index (χ4n) is 1.86. The van der Waals surface area contributed by atoms with Crippen molar-refractivity contribution in [2.45, 2.75) is 91.8 Å². The molecule has 0 saturated carbocycles. The molecular weight excluding hydrogens is 236 g/mol. The minimum absolute atomic E-state index is 0.00862. The van der Waals surface area contributed by atoms with Crippen LogP contribution in [0.2, 0.25) is 0 Å². The molecule has 0 fully saturated rings. The van der Waals surface area contributed by atoms with E-state index in [2.05, 4.69) is 48.5 Å². The Hall–Kier alpha value is -0.0800. The standard InChI is InChI=1S/C17H36O2/c1-8-10-12-17(7,9-2)19-14-16(5,6)18-13-11-15(3)4/h15H,8-14H2,1-7H3. The summed E-state index contributed by atoms with van der Waals surface area (Å²) in [7, 11) is 0. The molecule has 0 bridgehead atoms. The summed E-state index contributed by atoms with van der Waals surface area (Å²) in [4.78, 5) is 0. The summed E-state index contributed by atoms with van der Waals surface area (Å²) in [6.45, 7) is 16.9. The number of unbranched alkanes of at least 4 members (excludes halogenated alkanes) is 1.